The van der Waals surface area contributed by atoms with Gasteiger partial charge in [0, 0.05) is 45.3 Å². The number of carbonyl (C=O) groups excluding carboxylic acids is 2. The van der Waals surface area contributed by atoms with Crippen LogP contribution in [0, 0.1) is 0 Å². The monoisotopic (exact) mass is 367 g/mol. The molecule has 0 aromatic heterocycles. The molecule has 1 aromatic rings. The Morgan fingerprint density at radius 3 is 2.36 bits per heavy atom. The highest BCUT2D eigenvalue weighted by Crippen LogP contribution is 2.31. The molecule has 0 atom stereocenters. The summed E-state index contributed by atoms with van der Waals surface area (Å²) in [7, 11) is -2.32. The summed E-state index contributed by atoms with van der Waals surface area (Å²) in [4.78, 5) is 26.5. The Morgan fingerprint density at radius 2 is 1.76 bits per heavy atom. The Labute approximate surface area is 147 Å². The van der Waals surface area contributed by atoms with E-state index in [1.54, 1.807) is 23.1 Å². The van der Waals surface area contributed by atoms with Crippen molar-refractivity contribution in [2.75, 3.05) is 44.7 Å². The average molecular weight is 367 g/mol. The van der Waals surface area contributed by atoms with Gasteiger partial charge in [-0.05, 0) is 30.2 Å². The molecule has 2 aliphatic heterocycles. The van der Waals surface area contributed by atoms with Crippen molar-refractivity contribution in [1.29, 1.82) is 0 Å². The van der Waals surface area contributed by atoms with E-state index in [1.165, 1.54) is 23.2 Å². The zero-order valence-electron chi connectivity index (χ0n) is 14.3. The van der Waals surface area contributed by atoms with E-state index in [9.17, 15) is 18.0 Å². The van der Waals surface area contributed by atoms with E-state index in [1.807, 2.05) is 0 Å². The molecule has 0 N–H and O–H groups in total. The molecule has 0 spiro atoms. The summed E-state index contributed by atoms with van der Waals surface area (Å²) in [6.45, 7) is 3.14. The fourth-order valence-corrected chi connectivity index (χ4v) is 4.73. The van der Waals surface area contributed by atoms with Gasteiger partial charge in [-0.3, -0.25) is 4.79 Å². The Kier molecular flexibility index (Phi) is 4.70. The van der Waals surface area contributed by atoms with Crippen LogP contribution in [0.5, 0.6) is 0 Å². The maximum absolute atomic E-state index is 12.9. The summed E-state index contributed by atoms with van der Waals surface area (Å²) in [6, 6.07) is 4.89. The first-order valence-corrected chi connectivity index (χ1v) is 9.52. The van der Waals surface area contributed by atoms with Gasteiger partial charge >= 0.3 is 6.09 Å². The lowest BCUT2D eigenvalue weighted by Gasteiger charge is -2.33. The van der Waals surface area contributed by atoms with E-state index >= 15 is 0 Å². The van der Waals surface area contributed by atoms with Crippen LogP contribution in [0.3, 0.4) is 0 Å². The van der Waals surface area contributed by atoms with Crippen LogP contribution < -0.4 is 4.90 Å². The fourth-order valence-electron chi connectivity index (χ4n) is 3.25. The molecule has 136 valence electrons. The van der Waals surface area contributed by atoms with E-state index < -0.39 is 16.1 Å². The number of hydrogen-bond donors (Lipinski definition) is 0. The third kappa shape index (κ3) is 3.21. The summed E-state index contributed by atoms with van der Waals surface area (Å²) < 4.78 is 31.8. The number of benzene rings is 1. The number of hydrogen-bond acceptors (Lipinski definition) is 5. The Hall–Kier alpha value is -2.13. The van der Waals surface area contributed by atoms with Crippen LogP contribution in [0.2, 0.25) is 0 Å². The minimum absolute atomic E-state index is 0.0479. The fraction of sp³-hybridized carbons (Fsp3) is 0.500. The molecule has 1 fully saturated rings. The maximum Gasteiger partial charge on any atom is 0.409 e. The average Bonchev–Trinajstić information content (AvgIpc) is 3.04. The lowest BCUT2D eigenvalue weighted by atomic mass is 10.2. The molecule has 3 rings (SSSR count). The highest BCUT2D eigenvalue weighted by atomic mass is 32.2. The minimum Gasteiger partial charge on any atom is -0.453 e. The van der Waals surface area contributed by atoms with Crippen LogP contribution in [-0.2, 0) is 26.0 Å². The van der Waals surface area contributed by atoms with Gasteiger partial charge in [0.05, 0.1) is 12.0 Å². The number of nitrogens with zero attached hydrogens (tertiary/aromatic N) is 3. The van der Waals surface area contributed by atoms with Gasteiger partial charge in [0.1, 0.15) is 0 Å². The molecule has 0 bridgehead atoms. The molecular weight excluding hydrogens is 346 g/mol. The van der Waals surface area contributed by atoms with Crippen LogP contribution in [0.4, 0.5) is 10.5 Å². The Balaban J connectivity index is 1.78. The van der Waals surface area contributed by atoms with Crippen molar-refractivity contribution < 1.29 is 22.7 Å². The predicted molar refractivity (Wildman–Crippen MR) is 90.9 cm³/mol. The number of sulfonamides is 1. The molecule has 0 saturated carbocycles. The van der Waals surface area contributed by atoms with Gasteiger partial charge in [0.15, 0.2) is 0 Å². The standard InChI is InChI=1S/C16H21N3O5S/c1-12(20)19-6-5-13-11-14(3-4-15(13)19)25(22,23)18-9-7-17(8-10-18)16(21)24-2/h3-4,11H,5-10H2,1-2H3. The smallest absolute Gasteiger partial charge is 0.409 e. The number of anilines is 1. The first-order valence-electron chi connectivity index (χ1n) is 8.08. The van der Waals surface area contributed by atoms with E-state index in [0.717, 1.165) is 11.3 Å². The van der Waals surface area contributed by atoms with Gasteiger partial charge in [-0.15, -0.1) is 0 Å². The lowest BCUT2D eigenvalue weighted by Crippen LogP contribution is -2.50. The van der Waals surface area contributed by atoms with Crippen molar-refractivity contribution in [3.8, 4) is 0 Å². The topological polar surface area (TPSA) is 87.2 Å². The quantitative estimate of drug-likeness (QED) is 0.767. The van der Waals surface area contributed by atoms with Crippen molar-refractivity contribution in [3.63, 3.8) is 0 Å². The van der Waals surface area contributed by atoms with Crippen LogP contribution in [0.1, 0.15) is 12.5 Å². The molecule has 25 heavy (non-hydrogen) atoms. The number of fused-ring (bicyclic) bond motifs is 1. The highest BCUT2D eigenvalue weighted by Gasteiger charge is 2.32. The lowest BCUT2D eigenvalue weighted by molar-refractivity contribution is -0.116. The van der Waals surface area contributed by atoms with Crippen molar-refractivity contribution in [2.45, 2.75) is 18.2 Å². The zero-order chi connectivity index (χ0) is 18.2. The SMILES string of the molecule is COC(=O)N1CCN(S(=O)(=O)c2ccc3c(c2)CCN3C(C)=O)CC1. The van der Waals surface area contributed by atoms with Crippen LogP contribution >= 0.6 is 0 Å². The van der Waals surface area contributed by atoms with Gasteiger partial charge in [-0.1, -0.05) is 0 Å². The van der Waals surface area contributed by atoms with Crippen molar-refractivity contribution in [2.24, 2.45) is 0 Å². The van der Waals surface area contributed by atoms with E-state index in [0.29, 0.717) is 26.1 Å². The molecule has 0 aliphatic carbocycles. The molecule has 1 aromatic carbocycles. The first-order chi connectivity index (χ1) is 11.8. The molecule has 0 radical (unpaired) electrons. The normalized spacial score (nSPS) is 18.2. The van der Waals surface area contributed by atoms with Crippen LogP contribution in [0.25, 0.3) is 0 Å². The number of ether oxygens (including phenoxy) is 1. The predicted octanol–water partition coefficient (Wildman–Crippen LogP) is 0.668. The number of carbonyl (C=O) groups is 2. The Morgan fingerprint density at radius 1 is 1.08 bits per heavy atom. The molecule has 9 heteroatoms. The maximum atomic E-state index is 12.9. The van der Waals surface area contributed by atoms with Crippen molar-refractivity contribution in [1.82, 2.24) is 9.21 Å². The molecule has 2 aliphatic rings. The van der Waals surface area contributed by atoms with Crippen LogP contribution in [0.15, 0.2) is 23.1 Å². The van der Waals surface area contributed by atoms with E-state index in [-0.39, 0.29) is 23.9 Å². The zero-order valence-corrected chi connectivity index (χ0v) is 15.1. The number of methoxy groups -OCH3 is 1. The highest BCUT2D eigenvalue weighted by molar-refractivity contribution is 7.89. The van der Waals surface area contributed by atoms with E-state index in [4.69, 9.17) is 0 Å². The second kappa shape index (κ2) is 6.64. The summed E-state index contributed by atoms with van der Waals surface area (Å²) >= 11 is 0. The molecular formula is C16H21N3O5S. The van der Waals surface area contributed by atoms with Gasteiger partial charge in [0.25, 0.3) is 0 Å². The molecule has 0 unspecified atom stereocenters. The number of piperazine rings is 1. The number of rotatable bonds is 2. The summed E-state index contributed by atoms with van der Waals surface area (Å²) in [5.74, 6) is -0.0479. The second-order valence-corrected chi connectivity index (χ2v) is 8.01. The van der Waals surface area contributed by atoms with Gasteiger partial charge in [-0.2, -0.15) is 4.31 Å². The summed E-state index contributed by atoms with van der Waals surface area (Å²) in [6.07, 6.45) is 0.202. The van der Waals surface area contributed by atoms with Gasteiger partial charge < -0.3 is 14.5 Å². The van der Waals surface area contributed by atoms with Crippen molar-refractivity contribution in [3.05, 3.63) is 23.8 Å². The molecule has 2 heterocycles. The number of amides is 2. The second-order valence-electron chi connectivity index (χ2n) is 6.07. The summed E-state index contributed by atoms with van der Waals surface area (Å²) in [5, 5.41) is 0. The molecule has 2 amide bonds. The first kappa shape index (κ1) is 17.7. The molecule has 8 nitrogen and oxygen atoms in total. The van der Waals surface area contributed by atoms with Gasteiger partial charge in [0.2, 0.25) is 15.9 Å². The summed E-state index contributed by atoms with van der Waals surface area (Å²) in [5.41, 5.74) is 1.64. The van der Waals surface area contributed by atoms with Crippen LogP contribution in [-0.4, -0.2) is 69.5 Å². The largest absolute Gasteiger partial charge is 0.453 e. The minimum atomic E-state index is -3.63. The molecule has 1 saturated heterocycles. The third-order valence-corrected chi connectivity index (χ3v) is 6.53. The Bertz CT molecular complexity index is 800. The third-order valence-electron chi connectivity index (χ3n) is 4.64. The van der Waals surface area contributed by atoms with E-state index in [2.05, 4.69) is 4.74 Å². The van der Waals surface area contributed by atoms with Gasteiger partial charge in [-0.25, -0.2) is 13.2 Å². The van der Waals surface area contributed by atoms with Crippen molar-refractivity contribution >= 4 is 27.7 Å².